The molecule has 2 aliphatic heterocycles. The second-order valence-electron chi connectivity index (χ2n) is 15.4. The van der Waals surface area contributed by atoms with Crippen LogP contribution in [0.2, 0.25) is 10.0 Å². The topological polar surface area (TPSA) is 205 Å². The third kappa shape index (κ3) is 15.2. The molecule has 5 amide bonds. The molecule has 1 aliphatic carbocycles. The number of urea groups is 1. The molecule has 5 N–H and O–H groups in total. The molecule has 338 valence electrons. The molecular formula is C42H56Cl2N8O9S. The number of ether oxygens (including phenoxy) is 5. The van der Waals surface area contributed by atoms with E-state index in [-0.39, 0.29) is 55.1 Å². The van der Waals surface area contributed by atoms with E-state index in [4.69, 9.17) is 46.9 Å². The maximum absolute atomic E-state index is 13.3. The van der Waals surface area contributed by atoms with Crippen molar-refractivity contribution in [3.05, 3.63) is 70.5 Å². The largest absolute Gasteiger partial charge is 0.484 e. The minimum Gasteiger partial charge on any atom is -0.484 e. The Balaban J connectivity index is 0.832. The van der Waals surface area contributed by atoms with Gasteiger partial charge in [-0.15, -0.1) is 5.10 Å². The molecule has 17 nitrogen and oxygen atoms in total. The molecule has 3 atom stereocenters. The lowest BCUT2D eigenvalue weighted by molar-refractivity contribution is -0.127. The lowest BCUT2D eigenvalue weighted by atomic mass is 9.77. The average molecular weight is 920 g/mol. The Morgan fingerprint density at radius 2 is 1.44 bits per heavy atom. The summed E-state index contributed by atoms with van der Waals surface area (Å²) in [5.74, 6) is 1.47. The second-order valence-corrected chi connectivity index (χ2v) is 17.5. The van der Waals surface area contributed by atoms with Crippen molar-refractivity contribution in [3.8, 4) is 11.5 Å². The predicted octanol–water partition coefficient (Wildman–Crippen LogP) is 4.01. The van der Waals surface area contributed by atoms with Gasteiger partial charge in [-0.1, -0.05) is 34.8 Å². The molecule has 0 radical (unpaired) electrons. The number of thioether (sulfide) groups is 1. The number of aromatic nitrogens is 3. The highest BCUT2D eigenvalue weighted by Crippen LogP contribution is 2.37. The number of carbonyl (C=O) groups excluding carboxylic acids is 4. The maximum atomic E-state index is 13.3. The average Bonchev–Trinajstić information content (AvgIpc) is 4.00. The number of unbranched alkanes of at least 4 members (excludes halogenated alkanes) is 1. The molecule has 3 heterocycles. The van der Waals surface area contributed by atoms with Crippen molar-refractivity contribution in [1.29, 1.82) is 0 Å². The summed E-state index contributed by atoms with van der Waals surface area (Å²) in [5, 5.41) is 25.4. The van der Waals surface area contributed by atoms with Crippen LogP contribution in [0.25, 0.3) is 0 Å². The van der Waals surface area contributed by atoms with Gasteiger partial charge in [-0.25, -0.2) is 9.48 Å². The molecule has 20 heteroatoms. The molecule has 2 unspecified atom stereocenters. The molecule has 1 aromatic heterocycles. The minimum atomic E-state index is -0.823. The summed E-state index contributed by atoms with van der Waals surface area (Å²) in [5.41, 5.74) is -0.209. The fourth-order valence-electron chi connectivity index (χ4n) is 7.58. The molecule has 3 aromatic rings. The van der Waals surface area contributed by atoms with E-state index in [1.54, 1.807) is 53.2 Å². The van der Waals surface area contributed by atoms with E-state index in [2.05, 4.69) is 36.9 Å². The number of nitrogens with zero attached hydrogens (tertiary/aromatic N) is 3. The van der Waals surface area contributed by atoms with Gasteiger partial charge in [0.2, 0.25) is 5.91 Å². The van der Waals surface area contributed by atoms with Crippen molar-refractivity contribution in [1.82, 2.24) is 41.6 Å². The van der Waals surface area contributed by atoms with E-state index in [9.17, 15) is 19.2 Å². The molecule has 6 rings (SSSR count). The highest BCUT2D eigenvalue weighted by atomic mass is 35.5. The van der Waals surface area contributed by atoms with E-state index in [0.717, 1.165) is 25.0 Å². The van der Waals surface area contributed by atoms with Crippen molar-refractivity contribution < 1.29 is 42.9 Å². The quantitative estimate of drug-likeness (QED) is 0.0573. The number of halogens is 2. The van der Waals surface area contributed by atoms with Crippen LogP contribution in [0, 0.1) is 0 Å². The third-order valence-electron chi connectivity index (χ3n) is 10.8. The fourth-order valence-corrected chi connectivity index (χ4v) is 9.38. The van der Waals surface area contributed by atoms with Crippen molar-refractivity contribution in [3.63, 3.8) is 0 Å². The number of carbonyl (C=O) groups is 4. The molecule has 62 heavy (non-hydrogen) atoms. The van der Waals surface area contributed by atoms with Gasteiger partial charge < -0.3 is 50.3 Å². The van der Waals surface area contributed by atoms with Crippen LogP contribution < -0.4 is 36.1 Å². The van der Waals surface area contributed by atoms with Gasteiger partial charge in [0.1, 0.15) is 17.2 Å². The van der Waals surface area contributed by atoms with E-state index in [0.29, 0.717) is 117 Å². The van der Waals surface area contributed by atoms with Crippen LogP contribution in [0.1, 0.15) is 57.1 Å². The molecule has 2 saturated heterocycles. The monoisotopic (exact) mass is 918 g/mol. The second kappa shape index (κ2) is 24.5. The normalized spacial score (nSPS) is 21.7. The summed E-state index contributed by atoms with van der Waals surface area (Å²) < 4.78 is 30.0. The van der Waals surface area contributed by atoms with Gasteiger partial charge in [0.05, 0.1) is 70.0 Å². The number of nitrogens with one attached hydrogen (secondary N) is 5. The SMILES string of the molecule is O=C(CCCC[C@H]1SCC2NC(=O)NC21)NCCOCCOCCOCCn1cc([C@]2(NC(=O)COc3ccc(Cl)cc3)CC[C@H](NC(=O)COc3ccc(Cl)cc3)CC2)nn1. The van der Waals surface area contributed by atoms with E-state index >= 15 is 0 Å². The smallest absolute Gasteiger partial charge is 0.315 e. The Morgan fingerprint density at radius 1 is 0.806 bits per heavy atom. The van der Waals surface area contributed by atoms with Crippen LogP contribution in [-0.2, 0) is 40.7 Å². The highest BCUT2D eigenvalue weighted by Gasteiger charge is 2.43. The Kier molecular flexibility index (Phi) is 18.6. The van der Waals surface area contributed by atoms with Crippen LogP contribution in [0.15, 0.2) is 54.7 Å². The van der Waals surface area contributed by atoms with Crippen LogP contribution in [0.5, 0.6) is 11.5 Å². The highest BCUT2D eigenvalue weighted by molar-refractivity contribution is 8.00. The lowest BCUT2D eigenvalue weighted by Gasteiger charge is -2.39. The Labute approximate surface area is 375 Å². The molecule has 0 bridgehead atoms. The van der Waals surface area contributed by atoms with Crippen molar-refractivity contribution in [2.45, 2.75) is 86.8 Å². The van der Waals surface area contributed by atoms with Crippen LogP contribution in [-0.4, -0.2) is 127 Å². The summed E-state index contributed by atoms with van der Waals surface area (Å²) in [6.07, 6.45) is 7.25. The maximum Gasteiger partial charge on any atom is 0.315 e. The number of hydrogen-bond acceptors (Lipinski definition) is 12. The summed E-state index contributed by atoms with van der Waals surface area (Å²) >= 11 is 13.8. The Morgan fingerprint density at radius 3 is 2.11 bits per heavy atom. The molecule has 0 spiro atoms. The first kappa shape index (κ1) is 47.2. The Bertz CT molecular complexity index is 1890. The van der Waals surface area contributed by atoms with Crippen LogP contribution in [0.3, 0.4) is 0 Å². The lowest BCUT2D eigenvalue weighted by Crippen LogP contribution is -2.52. The third-order valence-corrected chi connectivity index (χ3v) is 12.8. The van der Waals surface area contributed by atoms with Crippen LogP contribution >= 0.6 is 35.0 Å². The fraction of sp³-hybridized carbons (Fsp3) is 0.571. The molecule has 3 fully saturated rings. The molecule has 2 aromatic carbocycles. The Hall–Kier alpha value is -4.33. The van der Waals surface area contributed by atoms with Crippen molar-refractivity contribution in [2.24, 2.45) is 0 Å². The number of amides is 5. The number of fused-ring (bicyclic) bond motifs is 1. The zero-order valence-electron chi connectivity index (χ0n) is 34.6. The summed E-state index contributed by atoms with van der Waals surface area (Å²) in [7, 11) is 0. The van der Waals surface area contributed by atoms with Gasteiger partial charge in [0, 0.05) is 40.1 Å². The van der Waals surface area contributed by atoms with Crippen molar-refractivity contribution >= 4 is 58.7 Å². The number of benzene rings is 2. The van der Waals surface area contributed by atoms with E-state index in [1.165, 1.54) is 0 Å². The molecular weight excluding hydrogens is 863 g/mol. The number of rotatable bonds is 26. The molecule has 1 saturated carbocycles. The first-order chi connectivity index (χ1) is 30.1. The first-order valence-corrected chi connectivity index (χ1v) is 22.9. The zero-order chi connectivity index (χ0) is 43.6. The summed E-state index contributed by atoms with van der Waals surface area (Å²) in [4.78, 5) is 49.7. The van der Waals surface area contributed by atoms with Crippen LogP contribution in [0.4, 0.5) is 4.79 Å². The van der Waals surface area contributed by atoms with Gasteiger partial charge in [-0.05, 0) is 87.1 Å². The van der Waals surface area contributed by atoms with Gasteiger partial charge in [-0.2, -0.15) is 11.8 Å². The molecule has 3 aliphatic rings. The van der Waals surface area contributed by atoms with Gasteiger partial charge in [0.25, 0.3) is 11.8 Å². The van der Waals surface area contributed by atoms with Gasteiger partial charge >= 0.3 is 6.03 Å². The van der Waals surface area contributed by atoms with E-state index in [1.807, 2.05) is 18.0 Å². The predicted molar refractivity (Wildman–Crippen MR) is 234 cm³/mol. The van der Waals surface area contributed by atoms with Crippen molar-refractivity contribution in [2.75, 3.05) is 65.2 Å². The zero-order valence-corrected chi connectivity index (χ0v) is 36.9. The standard InChI is InChI=1S/C42H56Cl2N8O9S/c43-29-5-9-32(10-6-29)60-26-38(54)46-31-13-15-42(16-14-31,49-39(55)27-61-33-11-7-30(44)8-12-33)36-25-52(51-50-36)18-20-58-22-24-59-23-21-57-19-17-45-37(53)4-2-1-3-35-40-34(28-62-35)47-41(56)48-40/h5-12,25,31,34-35,40H,1-4,13-24,26-28H2,(H,45,53)(H,46,54)(H,49,55)(H2,47,48,56)/t31-,34?,35-,40?,42-/m1/s1. The van der Waals surface area contributed by atoms with Gasteiger partial charge in [0.15, 0.2) is 13.2 Å². The minimum absolute atomic E-state index is 0.0164. The first-order valence-electron chi connectivity index (χ1n) is 21.1. The number of hydrogen-bond donors (Lipinski definition) is 5. The summed E-state index contributed by atoms with van der Waals surface area (Å²) in [6, 6.07) is 13.8. The van der Waals surface area contributed by atoms with Gasteiger partial charge in [-0.3, -0.25) is 14.4 Å². The van der Waals surface area contributed by atoms with E-state index < -0.39 is 5.54 Å². The summed E-state index contributed by atoms with van der Waals surface area (Å²) in [6.45, 7) is 2.91.